The molecule has 2 heterocycles. The molecule has 0 spiro atoms. The summed E-state index contributed by atoms with van der Waals surface area (Å²) < 4.78 is 1.86. The van der Waals surface area contributed by atoms with Gasteiger partial charge in [0.1, 0.15) is 17.2 Å². The van der Waals surface area contributed by atoms with E-state index in [-0.39, 0.29) is 16.7 Å². The normalized spacial score (nSPS) is 15.0. The molecule has 1 aromatic carbocycles. The van der Waals surface area contributed by atoms with Crippen molar-refractivity contribution in [3.8, 4) is 5.82 Å². The maximum Gasteiger partial charge on any atom is 0.255 e. The van der Waals surface area contributed by atoms with Crippen LogP contribution in [0.3, 0.4) is 0 Å². The third-order valence-corrected chi connectivity index (χ3v) is 6.31. The molecular formula is C21H23Cl2N5O. The van der Waals surface area contributed by atoms with Crippen molar-refractivity contribution in [1.82, 2.24) is 19.4 Å². The largest absolute Gasteiger partial charge is 0.382 e. The maximum absolute atomic E-state index is 13.0. The molecule has 6 nitrogen and oxygen atoms in total. The molecular weight excluding hydrogens is 409 g/mol. The molecule has 152 valence electrons. The van der Waals surface area contributed by atoms with E-state index in [4.69, 9.17) is 28.9 Å². The van der Waals surface area contributed by atoms with Crippen LogP contribution in [0.2, 0.25) is 10.0 Å². The first-order valence-corrected chi connectivity index (χ1v) is 10.5. The highest BCUT2D eigenvalue weighted by Crippen LogP contribution is 2.42. The number of carbonyl (C=O) groups excluding carboxylic acids is 1. The number of amides is 1. The summed E-state index contributed by atoms with van der Waals surface area (Å²) in [5.41, 5.74) is 8.35. The SMILES string of the molecule is CN(C)C(=O)c1c(Cl)cc2c(ccn2-c2ncnc(N)c2Cl)c1C1CCCCC1. The predicted octanol–water partition coefficient (Wildman–Crippen LogP) is 5.06. The molecule has 8 heteroatoms. The van der Waals surface area contributed by atoms with Crippen LogP contribution in [0.25, 0.3) is 16.7 Å². The van der Waals surface area contributed by atoms with E-state index in [0.717, 1.165) is 42.1 Å². The molecule has 0 bridgehead atoms. The van der Waals surface area contributed by atoms with E-state index in [9.17, 15) is 4.79 Å². The van der Waals surface area contributed by atoms with E-state index in [1.165, 1.54) is 12.7 Å². The minimum absolute atomic E-state index is 0.0745. The van der Waals surface area contributed by atoms with Crippen molar-refractivity contribution < 1.29 is 4.79 Å². The van der Waals surface area contributed by atoms with E-state index < -0.39 is 0 Å². The topological polar surface area (TPSA) is 77.0 Å². The molecule has 1 saturated carbocycles. The Bertz CT molecular complexity index is 1090. The zero-order valence-corrected chi connectivity index (χ0v) is 18.0. The number of nitrogens with zero attached hydrogens (tertiary/aromatic N) is 4. The zero-order valence-electron chi connectivity index (χ0n) is 16.5. The van der Waals surface area contributed by atoms with E-state index in [0.29, 0.717) is 22.3 Å². The Hall–Kier alpha value is -2.31. The molecule has 0 radical (unpaired) electrons. The lowest BCUT2D eigenvalue weighted by molar-refractivity contribution is 0.0826. The van der Waals surface area contributed by atoms with Crippen LogP contribution >= 0.6 is 23.2 Å². The summed E-state index contributed by atoms with van der Waals surface area (Å²) in [6.45, 7) is 0. The second kappa shape index (κ2) is 7.84. The van der Waals surface area contributed by atoms with Crippen LogP contribution in [0.4, 0.5) is 5.82 Å². The van der Waals surface area contributed by atoms with Crippen molar-refractivity contribution in [2.75, 3.05) is 19.8 Å². The number of halogens is 2. The van der Waals surface area contributed by atoms with Crippen LogP contribution in [0.15, 0.2) is 24.7 Å². The highest BCUT2D eigenvalue weighted by atomic mass is 35.5. The van der Waals surface area contributed by atoms with Crippen LogP contribution in [0.1, 0.15) is 53.9 Å². The van der Waals surface area contributed by atoms with Gasteiger partial charge >= 0.3 is 0 Å². The second-order valence-corrected chi connectivity index (χ2v) is 8.48. The number of rotatable bonds is 3. The summed E-state index contributed by atoms with van der Waals surface area (Å²) in [7, 11) is 3.50. The smallest absolute Gasteiger partial charge is 0.255 e. The Morgan fingerprint density at radius 2 is 1.93 bits per heavy atom. The van der Waals surface area contributed by atoms with Gasteiger partial charge in [-0.25, -0.2) is 9.97 Å². The van der Waals surface area contributed by atoms with Gasteiger partial charge in [-0.15, -0.1) is 0 Å². The lowest BCUT2D eigenvalue weighted by atomic mass is 9.80. The quantitative estimate of drug-likeness (QED) is 0.628. The van der Waals surface area contributed by atoms with Gasteiger partial charge in [0.2, 0.25) is 0 Å². The number of anilines is 1. The zero-order chi connectivity index (χ0) is 20.7. The van der Waals surface area contributed by atoms with Gasteiger partial charge in [0.05, 0.1) is 16.1 Å². The minimum atomic E-state index is -0.0745. The Balaban J connectivity index is 2.00. The molecule has 0 unspecified atom stereocenters. The van der Waals surface area contributed by atoms with Crippen molar-refractivity contribution in [2.24, 2.45) is 0 Å². The van der Waals surface area contributed by atoms with Gasteiger partial charge in [-0.1, -0.05) is 42.5 Å². The standard InChI is InChI=1S/C21H23Cl2N5O/c1-27(2)21(29)17-14(22)10-15-13(16(17)12-6-4-3-5-7-12)8-9-28(15)20-18(23)19(24)25-11-26-20/h8-12H,3-7H2,1-2H3,(H2,24,25,26). The Morgan fingerprint density at radius 3 is 2.62 bits per heavy atom. The highest BCUT2D eigenvalue weighted by Gasteiger charge is 2.28. The molecule has 1 aliphatic rings. The van der Waals surface area contributed by atoms with Gasteiger partial charge in [0.25, 0.3) is 5.91 Å². The van der Waals surface area contributed by atoms with Crippen LogP contribution in [0, 0.1) is 0 Å². The summed E-state index contributed by atoms with van der Waals surface area (Å²) in [6, 6.07) is 3.82. The summed E-state index contributed by atoms with van der Waals surface area (Å²) in [6.07, 6.45) is 8.92. The monoisotopic (exact) mass is 431 g/mol. The predicted molar refractivity (Wildman–Crippen MR) is 117 cm³/mol. The molecule has 0 saturated heterocycles. The molecule has 4 rings (SSSR count). The third-order valence-electron chi connectivity index (χ3n) is 5.65. The van der Waals surface area contributed by atoms with Crippen molar-refractivity contribution >= 4 is 45.8 Å². The minimum Gasteiger partial charge on any atom is -0.382 e. The number of aromatic nitrogens is 3. The molecule has 29 heavy (non-hydrogen) atoms. The molecule has 0 aliphatic heterocycles. The van der Waals surface area contributed by atoms with Crippen molar-refractivity contribution in [2.45, 2.75) is 38.0 Å². The summed E-state index contributed by atoms with van der Waals surface area (Å²) in [5, 5.41) is 1.73. The van der Waals surface area contributed by atoms with Crippen LogP contribution < -0.4 is 5.73 Å². The Kier molecular flexibility index (Phi) is 5.40. The average molecular weight is 432 g/mol. The molecule has 2 N–H and O–H groups in total. The number of carbonyl (C=O) groups is 1. The molecule has 1 aliphatic carbocycles. The van der Waals surface area contributed by atoms with Crippen molar-refractivity contribution in [3.63, 3.8) is 0 Å². The van der Waals surface area contributed by atoms with Gasteiger partial charge in [-0.05, 0) is 36.5 Å². The average Bonchev–Trinajstić information content (AvgIpc) is 3.12. The Labute approximate surface area is 179 Å². The van der Waals surface area contributed by atoms with Gasteiger partial charge in [-0.3, -0.25) is 9.36 Å². The van der Waals surface area contributed by atoms with Gasteiger partial charge < -0.3 is 10.6 Å². The molecule has 1 fully saturated rings. The number of benzene rings is 1. The first-order valence-electron chi connectivity index (χ1n) is 9.71. The van der Waals surface area contributed by atoms with Crippen molar-refractivity contribution in [1.29, 1.82) is 0 Å². The third kappa shape index (κ3) is 3.45. The number of fused-ring (bicyclic) bond motifs is 1. The van der Waals surface area contributed by atoms with E-state index in [2.05, 4.69) is 9.97 Å². The fourth-order valence-electron chi connectivity index (χ4n) is 4.26. The second-order valence-electron chi connectivity index (χ2n) is 7.70. The summed E-state index contributed by atoms with van der Waals surface area (Å²) in [4.78, 5) is 22.9. The van der Waals surface area contributed by atoms with Crippen LogP contribution in [0.5, 0.6) is 0 Å². The number of hydrogen-bond donors (Lipinski definition) is 1. The molecule has 1 amide bonds. The fourth-order valence-corrected chi connectivity index (χ4v) is 4.73. The Morgan fingerprint density at radius 1 is 1.21 bits per heavy atom. The molecule has 3 aromatic rings. The summed E-state index contributed by atoms with van der Waals surface area (Å²) >= 11 is 13.1. The number of nitrogens with two attached hydrogens (primary N) is 1. The lowest BCUT2D eigenvalue weighted by Gasteiger charge is -2.26. The number of hydrogen-bond acceptors (Lipinski definition) is 4. The fraction of sp³-hybridized carbons (Fsp3) is 0.381. The number of nitrogen functional groups attached to an aromatic ring is 1. The molecule has 2 aromatic heterocycles. The van der Waals surface area contributed by atoms with Gasteiger partial charge in [0, 0.05) is 25.7 Å². The first-order chi connectivity index (χ1) is 13.9. The maximum atomic E-state index is 13.0. The molecule has 0 atom stereocenters. The van der Waals surface area contributed by atoms with Gasteiger partial charge in [0.15, 0.2) is 5.82 Å². The van der Waals surface area contributed by atoms with Crippen molar-refractivity contribution in [3.05, 3.63) is 45.8 Å². The van der Waals surface area contributed by atoms with E-state index in [1.807, 2.05) is 22.9 Å². The highest BCUT2D eigenvalue weighted by molar-refractivity contribution is 6.35. The van der Waals surface area contributed by atoms with Gasteiger partial charge in [-0.2, -0.15) is 0 Å². The van der Waals surface area contributed by atoms with E-state index >= 15 is 0 Å². The van der Waals surface area contributed by atoms with E-state index in [1.54, 1.807) is 19.0 Å². The summed E-state index contributed by atoms with van der Waals surface area (Å²) in [5.74, 6) is 0.934. The lowest BCUT2D eigenvalue weighted by Crippen LogP contribution is -2.24. The van der Waals surface area contributed by atoms with Crippen LogP contribution in [-0.2, 0) is 0 Å². The first kappa shape index (κ1) is 20.0. The van der Waals surface area contributed by atoms with Crippen LogP contribution in [-0.4, -0.2) is 39.4 Å².